The number of aromatic nitrogens is 4. The summed E-state index contributed by atoms with van der Waals surface area (Å²) in [5, 5.41) is 0. The molecule has 2 atom stereocenters. The third-order valence-electron chi connectivity index (χ3n) is 4.93. The van der Waals surface area contributed by atoms with Gasteiger partial charge in [-0.3, -0.25) is 19.9 Å². The average Bonchev–Trinajstić information content (AvgIpc) is 2.79. The van der Waals surface area contributed by atoms with Crippen LogP contribution >= 0.6 is 0 Å². The molecule has 0 bridgehead atoms. The Morgan fingerprint density at radius 1 is 0.464 bits per heavy atom. The minimum Gasteiger partial charge on any atom is -0.261 e. The second-order valence-electron chi connectivity index (χ2n) is 6.77. The summed E-state index contributed by atoms with van der Waals surface area (Å²) >= 11 is 0. The third kappa shape index (κ3) is 4.46. The van der Waals surface area contributed by atoms with Crippen molar-refractivity contribution in [2.75, 3.05) is 0 Å². The van der Waals surface area contributed by atoms with Gasteiger partial charge in [-0.15, -0.1) is 0 Å². The number of pyridine rings is 4. The van der Waals surface area contributed by atoms with Crippen LogP contribution in [-0.2, 0) is 12.8 Å². The van der Waals surface area contributed by atoms with Crippen molar-refractivity contribution in [2.45, 2.75) is 24.7 Å². The zero-order chi connectivity index (χ0) is 19.0. The Bertz CT molecular complexity index is 877. The second-order valence-corrected chi connectivity index (χ2v) is 6.77. The summed E-state index contributed by atoms with van der Waals surface area (Å²) in [5.41, 5.74) is 4.22. The van der Waals surface area contributed by atoms with Crippen molar-refractivity contribution in [1.29, 1.82) is 0 Å². The smallest absolute Gasteiger partial charge is 0.0445 e. The molecule has 0 aliphatic heterocycles. The monoisotopic (exact) mass is 366 g/mol. The van der Waals surface area contributed by atoms with Gasteiger partial charge in [0, 0.05) is 59.4 Å². The van der Waals surface area contributed by atoms with Crippen molar-refractivity contribution in [2.24, 2.45) is 0 Å². The molecular formula is C24H22N4. The Morgan fingerprint density at radius 3 is 1.18 bits per heavy atom. The van der Waals surface area contributed by atoms with Crippen LogP contribution in [0.15, 0.2) is 97.6 Å². The van der Waals surface area contributed by atoms with Crippen molar-refractivity contribution in [3.05, 3.63) is 120 Å². The molecule has 0 aromatic carbocycles. The first-order valence-electron chi connectivity index (χ1n) is 9.52. The SMILES string of the molecule is c1ccc(CC(c2ccccn2)C(Cc2ccccn2)c2ccccn2)nc1. The first-order valence-corrected chi connectivity index (χ1v) is 9.52. The summed E-state index contributed by atoms with van der Waals surface area (Å²) in [6.45, 7) is 0. The van der Waals surface area contributed by atoms with Crippen molar-refractivity contribution in [1.82, 2.24) is 19.9 Å². The van der Waals surface area contributed by atoms with Gasteiger partial charge in [-0.25, -0.2) is 0 Å². The number of hydrogen-bond acceptors (Lipinski definition) is 4. The van der Waals surface area contributed by atoms with Crippen LogP contribution < -0.4 is 0 Å². The van der Waals surface area contributed by atoms with E-state index >= 15 is 0 Å². The fraction of sp³-hybridized carbons (Fsp3) is 0.167. The molecule has 28 heavy (non-hydrogen) atoms. The molecule has 0 saturated heterocycles. The summed E-state index contributed by atoms with van der Waals surface area (Å²) in [7, 11) is 0. The van der Waals surface area contributed by atoms with Crippen molar-refractivity contribution in [3.63, 3.8) is 0 Å². The normalized spacial score (nSPS) is 13.0. The van der Waals surface area contributed by atoms with E-state index in [2.05, 4.69) is 44.2 Å². The lowest BCUT2D eigenvalue weighted by atomic mass is 9.80. The van der Waals surface area contributed by atoms with Gasteiger partial charge in [0.05, 0.1) is 0 Å². The molecule has 2 unspecified atom stereocenters. The van der Waals surface area contributed by atoms with Crippen LogP contribution in [0.2, 0.25) is 0 Å². The van der Waals surface area contributed by atoms with Crippen LogP contribution in [0.25, 0.3) is 0 Å². The molecule has 0 amide bonds. The number of hydrogen-bond donors (Lipinski definition) is 0. The van der Waals surface area contributed by atoms with E-state index in [9.17, 15) is 0 Å². The van der Waals surface area contributed by atoms with Crippen molar-refractivity contribution < 1.29 is 0 Å². The molecule has 0 spiro atoms. The lowest BCUT2D eigenvalue weighted by Crippen LogP contribution is -2.19. The summed E-state index contributed by atoms with van der Waals surface area (Å²) in [6, 6.07) is 24.3. The number of nitrogens with zero attached hydrogens (tertiary/aromatic N) is 4. The maximum absolute atomic E-state index is 4.69. The van der Waals surface area contributed by atoms with Gasteiger partial charge in [0.2, 0.25) is 0 Å². The van der Waals surface area contributed by atoms with Gasteiger partial charge in [-0.05, 0) is 61.4 Å². The van der Waals surface area contributed by atoms with Gasteiger partial charge < -0.3 is 0 Å². The van der Waals surface area contributed by atoms with E-state index < -0.39 is 0 Å². The first-order chi connectivity index (χ1) is 13.9. The van der Waals surface area contributed by atoms with Crippen LogP contribution in [0.1, 0.15) is 34.6 Å². The molecule has 4 heterocycles. The van der Waals surface area contributed by atoms with Crippen LogP contribution in [0.5, 0.6) is 0 Å². The van der Waals surface area contributed by atoms with Gasteiger partial charge in [0.15, 0.2) is 0 Å². The molecule has 0 N–H and O–H groups in total. The molecule has 4 heteroatoms. The molecule has 0 aliphatic carbocycles. The molecule has 138 valence electrons. The van der Waals surface area contributed by atoms with Gasteiger partial charge in [-0.2, -0.15) is 0 Å². The standard InChI is InChI=1S/C24H22N4/c1-5-13-25-19(9-1)17-21(23-11-3-7-15-27-23)22(24-12-4-8-16-28-24)18-20-10-2-6-14-26-20/h1-16,21-22H,17-18H2. The highest BCUT2D eigenvalue weighted by Crippen LogP contribution is 2.36. The van der Waals surface area contributed by atoms with E-state index in [0.29, 0.717) is 0 Å². The predicted molar refractivity (Wildman–Crippen MR) is 110 cm³/mol. The quantitative estimate of drug-likeness (QED) is 0.479. The zero-order valence-corrected chi connectivity index (χ0v) is 15.6. The van der Waals surface area contributed by atoms with Gasteiger partial charge >= 0.3 is 0 Å². The maximum Gasteiger partial charge on any atom is 0.0445 e. The third-order valence-corrected chi connectivity index (χ3v) is 4.93. The largest absolute Gasteiger partial charge is 0.261 e. The predicted octanol–water partition coefficient (Wildman–Crippen LogP) is 4.62. The molecule has 0 radical (unpaired) electrons. The Morgan fingerprint density at radius 2 is 0.857 bits per heavy atom. The van der Waals surface area contributed by atoms with E-state index in [1.54, 1.807) is 0 Å². The van der Waals surface area contributed by atoms with E-state index in [1.165, 1.54) is 0 Å². The highest BCUT2D eigenvalue weighted by atomic mass is 14.7. The van der Waals surface area contributed by atoms with Gasteiger partial charge in [-0.1, -0.05) is 24.3 Å². The Balaban J connectivity index is 1.76. The first kappa shape index (κ1) is 18.0. The topological polar surface area (TPSA) is 51.6 Å². The molecule has 0 fully saturated rings. The minimum absolute atomic E-state index is 0.146. The summed E-state index contributed by atoms with van der Waals surface area (Å²) in [5.74, 6) is 0.293. The molecule has 4 rings (SSSR count). The molecule has 4 aromatic heterocycles. The molecule has 0 aliphatic rings. The fourth-order valence-corrected chi connectivity index (χ4v) is 3.58. The molecule has 0 saturated carbocycles. The summed E-state index contributed by atoms with van der Waals surface area (Å²) in [6.07, 6.45) is 9.00. The lowest BCUT2D eigenvalue weighted by Gasteiger charge is -2.26. The second kappa shape index (κ2) is 9.00. The maximum atomic E-state index is 4.69. The van der Waals surface area contributed by atoms with Crippen molar-refractivity contribution >= 4 is 0 Å². The molecule has 4 aromatic rings. The van der Waals surface area contributed by atoms with Gasteiger partial charge in [0.1, 0.15) is 0 Å². The van der Waals surface area contributed by atoms with E-state index in [1.807, 2.05) is 73.3 Å². The van der Waals surface area contributed by atoms with Crippen molar-refractivity contribution in [3.8, 4) is 0 Å². The summed E-state index contributed by atoms with van der Waals surface area (Å²) < 4.78 is 0. The van der Waals surface area contributed by atoms with Crippen LogP contribution in [0.4, 0.5) is 0 Å². The Labute approximate surface area is 165 Å². The van der Waals surface area contributed by atoms with Crippen LogP contribution in [0.3, 0.4) is 0 Å². The van der Waals surface area contributed by atoms with E-state index in [0.717, 1.165) is 35.6 Å². The molecule has 4 nitrogen and oxygen atoms in total. The average molecular weight is 366 g/mol. The number of rotatable bonds is 7. The molecular weight excluding hydrogens is 344 g/mol. The van der Waals surface area contributed by atoms with E-state index in [-0.39, 0.29) is 11.8 Å². The highest BCUT2D eigenvalue weighted by molar-refractivity contribution is 5.25. The highest BCUT2D eigenvalue weighted by Gasteiger charge is 2.28. The lowest BCUT2D eigenvalue weighted by molar-refractivity contribution is 0.501. The van der Waals surface area contributed by atoms with Gasteiger partial charge in [0.25, 0.3) is 0 Å². The van der Waals surface area contributed by atoms with Crippen LogP contribution in [-0.4, -0.2) is 19.9 Å². The van der Waals surface area contributed by atoms with Crippen LogP contribution in [0, 0.1) is 0 Å². The zero-order valence-electron chi connectivity index (χ0n) is 15.6. The minimum atomic E-state index is 0.146. The van der Waals surface area contributed by atoms with E-state index in [4.69, 9.17) is 0 Å². The Kier molecular flexibility index (Phi) is 5.78. The fourth-order valence-electron chi connectivity index (χ4n) is 3.58. The Hall–Kier alpha value is -3.40. The summed E-state index contributed by atoms with van der Waals surface area (Å²) in [4.78, 5) is 18.5.